The van der Waals surface area contributed by atoms with E-state index in [4.69, 9.17) is 19.4 Å². The Morgan fingerprint density at radius 3 is 2.19 bits per heavy atom. The summed E-state index contributed by atoms with van der Waals surface area (Å²) in [6.45, 7) is 15.9. The van der Waals surface area contributed by atoms with Crippen LogP contribution in [0.2, 0.25) is 0 Å². The molecule has 3 fully saturated rings. The van der Waals surface area contributed by atoms with Crippen molar-refractivity contribution < 1.29 is 43.4 Å². The summed E-state index contributed by atoms with van der Waals surface area (Å²) in [6, 6.07) is 7.97. The Bertz CT molecular complexity index is 1630. The average Bonchev–Trinajstić information content (AvgIpc) is 3.77. The second-order valence-electron chi connectivity index (χ2n) is 18.7. The molecular weight excluding hydrogens is 793 g/mol. The highest BCUT2D eigenvalue weighted by atomic mass is 16.7. The van der Waals surface area contributed by atoms with Gasteiger partial charge in [0.15, 0.2) is 0 Å². The van der Waals surface area contributed by atoms with Crippen LogP contribution in [0.1, 0.15) is 118 Å². The van der Waals surface area contributed by atoms with Crippen molar-refractivity contribution in [2.24, 2.45) is 23.7 Å². The number of hydrogen-bond acceptors (Lipinski definition) is 10. The summed E-state index contributed by atoms with van der Waals surface area (Å²) in [5.74, 6) is -2.63. The fourth-order valence-corrected chi connectivity index (χ4v) is 9.95. The summed E-state index contributed by atoms with van der Waals surface area (Å²) in [4.78, 5) is 79.7. The summed E-state index contributed by atoms with van der Waals surface area (Å²) in [6.07, 6.45) is 4.06. The van der Waals surface area contributed by atoms with Crippen LogP contribution in [0, 0.1) is 23.7 Å². The first-order chi connectivity index (χ1) is 29.4. The zero-order valence-electron chi connectivity index (χ0n) is 39.4. The van der Waals surface area contributed by atoms with Gasteiger partial charge < -0.3 is 35.0 Å². The summed E-state index contributed by atoms with van der Waals surface area (Å²) in [5, 5.41) is 17.5. The van der Waals surface area contributed by atoms with E-state index in [1.165, 1.54) is 0 Å². The van der Waals surface area contributed by atoms with Crippen molar-refractivity contribution in [1.82, 2.24) is 30.4 Å². The molecule has 15 heteroatoms. The Morgan fingerprint density at radius 2 is 1.63 bits per heavy atom. The number of carbonyl (C=O) groups is 5. The zero-order chi connectivity index (χ0) is 45.9. The molecule has 1 aromatic carbocycles. The maximum Gasteiger partial charge on any atom is 0.303 e. The third kappa shape index (κ3) is 12.3. The molecule has 0 aromatic heterocycles. The van der Waals surface area contributed by atoms with E-state index in [-0.39, 0.29) is 66.2 Å². The molecule has 3 N–H and O–H groups in total. The van der Waals surface area contributed by atoms with Crippen molar-refractivity contribution in [2.45, 2.75) is 154 Å². The summed E-state index contributed by atoms with van der Waals surface area (Å²) in [5.41, 5.74) is 0.504. The minimum atomic E-state index is -0.888. The van der Waals surface area contributed by atoms with Crippen LogP contribution in [0.5, 0.6) is 0 Å². The average molecular weight is 871 g/mol. The molecule has 1 aromatic rings. The lowest BCUT2D eigenvalue weighted by Crippen LogP contribution is -2.60. The standard InChI is InChI=1S/C47H78N6O9/c1-12-32(6)42(51(9)46(59)40(30(2)3)48-45(58)41(31(4)5)50(8)24-19-23-39(55)56)37(60-10)28-38(54)52-25-18-22-36(52)43(61-11)33(7)44(57)49-47(53-26-16-17-27-62-53)29-35(47)34-20-14-13-15-21-34/h13-15,20-21,30-33,35-37,40-43H,12,16-19,22-29H2,1-11H3,(H,48,58)(H,49,57)(H,55,56)/t32-,33+,35?,36-,37+,40-,41-,42-,43+,47-/m0/s1. The van der Waals surface area contributed by atoms with Gasteiger partial charge in [-0.15, -0.1) is 0 Å². The molecule has 10 atom stereocenters. The molecule has 3 aliphatic rings. The van der Waals surface area contributed by atoms with Crippen LogP contribution in [-0.4, -0.2) is 151 Å². The van der Waals surface area contributed by atoms with Gasteiger partial charge >= 0.3 is 5.97 Å². The highest BCUT2D eigenvalue weighted by Gasteiger charge is 2.61. The first-order valence-electron chi connectivity index (χ1n) is 23.0. The SMILES string of the molecule is CC[C@H](C)[C@@H]([C@@H](CC(=O)N1CCC[C@H]1[C@H](OC)[C@@H](C)C(=O)N[C@]1(N2CCCCO2)CC1c1ccccc1)OC)N(C)C(=O)[C@@H](NC(=O)[C@H](C(C)C)N(C)CCCC(=O)O)C(C)C. The van der Waals surface area contributed by atoms with Crippen molar-refractivity contribution in [3.8, 4) is 0 Å². The molecule has 4 amide bonds. The lowest BCUT2D eigenvalue weighted by atomic mass is 9.89. The fraction of sp³-hybridized carbons (Fsp3) is 0.766. The van der Waals surface area contributed by atoms with Crippen LogP contribution in [0.25, 0.3) is 0 Å². The molecule has 0 bridgehead atoms. The number of hydrogen-bond donors (Lipinski definition) is 3. The molecule has 2 aliphatic heterocycles. The molecule has 62 heavy (non-hydrogen) atoms. The molecule has 1 aliphatic carbocycles. The largest absolute Gasteiger partial charge is 0.481 e. The van der Waals surface area contributed by atoms with E-state index in [9.17, 15) is 24.0 Å². The lowest BCUT2D eigenvalue weighted by molar-refractivity contribution is -0.224. The number of ether oxygens (including phenoxy) is 2. The van der Waals surface area contributed by atoms with Gasteiger partial charge in [0.05, 0.1) is 49.3 Å². The molecule has 2 saturated heterocycles. The second-order valence-corrected chi connectivity index (χ2v) is 18.7. The maximum absolute atomic E-state index is 14.5. The summed E-state index contributed by atoms with van der Waals surface area (Å²) < 4.78 is 12.2. The van der Waals surface area contributed by atoms with Crippen molar-refractivity contribution in [3.05, 3.63) is 35.9 Å². The van der Waals surface area contributed by atoms with E-state index in [2.05, 4.69) is 22.8 Å². The van der Waals surface area contributed by atoms with Crippen LogP contribution >= 0.6 is 0 Å². The molecule has 15 nitrogen and oxygen atoms in total. The fourth-order valence-electron chi connectivity index (χ4n) is 9.95. The molecular formula is C47H78N6O9. The van der Waals surface area contributed by atoms with E-state index in [1.54, 1.807) is 33.2 Å². The van der Waals surface area contributed by atoms with Gasteiger partial charge in [-0.3, -0.25) is 33.7 Å². The Morgan fingerprint density at radius 1 is 0.935 bits per heavy atom. The number of amides is 4. The van der Waals surface area contributed by atoms with E-state index in [0.29, 0.717) is 39.0 Å². The first-order valence-corrected chi connectivity index (χ1v) is 23.0. The number of carbonyl (C=O) groups excluding carboxylic acids is 4. The predicted molar refractivity (Wildman–Crippen MR) is 238 cm³/mol. The van der Waals surface area contributed by atoms with Gasteiger partial charge in [0.25, 0.3) is 0 Å². The quantitative estimate of drug-likeness (QED) is 0.129. The number of rotatable bonds is 24. The topological polar surface area (TPSA) is 170 Å². The Hall–Kier alpha value is -3.63. The van der Waals surface area contributed by atoms with E-state index >= 15 is 0 Å². The number of hydroxylamine groups is 2. The Kier molecular flexibility index (Phi) is 19.2. The normalized spacial score (nSPS) is 23.9. The molecule has 2 heterocycles. The van der Waals surface area contributed by atoms with Gasteiger partial charge in [0.2, 0.25) is 23.6 Å². The van der Waals surface area contributed by atoms with E-state index in [1.807, 2.05) is 81.5 Å². The number of carboxylic acid groups (broad SMARTS) is 1. The third-order valence-corrected chi connectivity index (χ3v) is 13.7. The monoisotopic (exact) mass is 871 g/mol. The number of likely N-dealkylation sites (tertiary alicyclic amines) is 1. The van der Waals surface area contributed by atoms with E-state index < -0.39 is 47.9 Å². The van der Waals surface area contributed by atoms with Gasteiger partial charge in [-0.1, -0.05) is 85.2 Å². The van der Waals surface area contributed by atoms with E-state index in [0.717, 1.165) is 37.8 Å². The van der Waals surface area contributed by atoms with Crippen LogP contribution < -0.4 is 10.6 Å². The molecule has 4 rings (SSSR count). The number of nitrogens with zero attached hydrogens (tertiary/aromatic N) is 4. The number of aliphatic carboxylic acids is 1. The molecule has 1 saturated carbocycles. The summed E-state index contributed by atoms with van der Waals surface area (Å²) >= 11 is 0. The zero-order valence-corrected chi connectivity index (χ0v) is 39.4. The van der Waals surface area contributed by atoms with Crippen LogP contribution in [0.4, 0.5) is 0 Å². The highest BCUT2D eigenvalue weighted by molar-refractivity contribution is 5.90. The minimum Gasteiger partial charge on any atom is -0.481 e. The van der Waals surface area contributed by atoms with Crippen LogP contribution in [0.3, 0.4) is 0 Å². The molecule has 1 unspecified atom stereocenters. The number of methoxy groups -OCH3 is 2. The Labute approximate surface area is 370 Å². The predicted octanol–water partition coefficient (Wildman–Crippen LogP) is 4.90. The van der Waals surface area contributed by atoms with Crippen LogP contribution in [-0.2, 0) is 38.3 Å². The molecule has 0 radical (unpaired) electrons. The first kappa shape index (κ1) is 51.0. The van der Waals surface area contributed by atoms with Gasteiger partial charge in [-0.2, -0.15) is 5.06 Å². The van der Waals surface area contributed by atoms with Crippen molar-refractivity contribution in [1.29, 1.82) is 0 Å². The number of benzene rings is 1. The third-order valence-electron chi connectivity index (χ3n) is 13.7. The van der Waals surface area contributed by atoms with Gasteiger partial charge in [-0.25, -0.2) is 0 Å². The molecule has 0 spiro atoms. The van der Waals surface area contributed by atoms with Crippen molar-refractivity contribution in [2.75, 3.05) is 54.6 Å². The highest BCUT2D eigenvalue weighted by Crippen LogP contribution is 2.54. The lowest BCUT2D eigenvalue weighted by Gasteiger charge is -2.41. The van der Waals surface area contributed by atoms with Crippen LogP contribution in [0.15, 0.2) is 30.3 Å². The number of nitrogens with one attached hydrogen (secondary N) is 2. The smallest absolute Gasteiger partial charge is 0.303 e. The van der Waals surface area contributed by atoms with Crippen molar-refractivity contribution >= 4 is 29.6 Å². The number of carboxylic acids is 1. The van der Waals surface area contributed by atoms with Gasteiger partial charge in [0, 0.05) is 46.7 Å². The minimum absolute atomic E-state index is 0.00212. The van der Waals surface area contributed by atoms with Crippen molar-refractivity contribution in [3.63, 3.8) is 0 Å². The number of likely N-dealkylation sites (N-methyl/N-ethyl adjacent to an activating group) is 2. The van der Waals surface area contributed by atoms with Gasteiger partial charge in [0.1, 0.15) is 11.7 Å². The maximum atomic E-state index is 14.5. The Balaban J connectivity index is 1.48. The van der Waals surface area contributed by atoms with Gasteiger partial charge in [-0.05, 0) is 75.4 Å². The molecule has 350 valence electrons. The second kappa shape index (κ2) is 23.3. The summed E-state index contributed by atoms with van der Waals surface area (Å²) in [7, 11) is 6.69.